The van der Waals surface area contributed by atoms with Crippen LogP contribution in [0.15, 0.2) is 60.7 Å². The van der Waals surface area contributed by atoms with E-state index < -0.39 is 13.5 Å². The standard InChI is InChI=1S/C24H32N3O6P/c1-2-31-23(28)19-25-34(30,33-22-11-7-4-8-12-22)18-17-26-13-15-27(16-14-26)24(29)32-20-21-9-5-3-6-10-21/h3-12H,2,13-20H2,1H3,(H,25,30). The van der Waals surface area contributed by atoms with E-state index in [1.54, 1.807) is 36.1 Å². The normalized spacial score (nSPS) is 15.9. The Morgan fingerprint density at radius 2 is 1.59 bits per heavy atom. The zero-order valence-corrected chi connectivity index (χ0v) is 20.3. The fourth-order valence-electron chi connectivity index (χ4n) is 3.44. The summed E-state index contributed by atoms with van der Waals surface area (Å²) in [6.45, 7) is 4.81. The molecule has 1 amide bonds. The van der Waals surface area contributed by atoms with Crippen LogP contribution in [-0.2, 0) is 25.4 Å². The number of rotatable bonds is 11. The van der Waals surface area contributed by atoms with E-state index in [0.29, 0.717) is 38.5 Å². The predicted molar refractivity (Wildman–Crippen MR) is 129 cm³/mol. The van der Waals surface area contributed by atoms with Crippen LogP contribution in [0.2, 0.25) is 0 Å². The van der Waals surface area contributed by atoms with E-state index >= 15 is 0 Å². The number of nitrogens with one attached hydrogen (secondary N) is 1. The molecule has 0 bridgehead atoms. The van der Waals surface area contributed by atoms with Gasteiger partial charge in [-0.15, -0.1) is 0 Å². The molecule has 1 unspecified atom stereocenters. The van der Waals surface area contributed by atoms with Crippen LogP contribution in [0.25, 0.3) is 0 Å². The van der Waals surface area contributed by atoms with Crippen LogP contribution in [0.4, 0.5) is 4.79 Å². The zero-order valence-electron chi connectivity index (χ0n) is 19.4. The van der Waals surface area contributed by atoms with Crippen molar-refractivity contribution in [2.75, 3.05) is 52.0 Å². The molecule has 3 rings (SSSR count). The quantitative estimate of drug-likeness (QED) is 0.379. The van der Waals surface area contributed by atoms with Crippen LogP contribution < -0.4 is 9.61 Å². The second-order valence-corrected chi connectivity index (χ2v) is 10.1. The minimum absolute atomic E-state index is 0.195. The molecule has 9 nitrogen and oxygen atoms in total. The van der Waals surface area contributed by atoms with E-state index in [0.717, 1.165) is 5.56 Å². The monoisotopic (exact) mass is 489 g/mol. The van der Waals surface area contributed by atoms with E-state index in [-0.39, 0.29) is 32.0 Å². The Bertz CT molecular complexity index is 952. The van der Waals surface area contributed by atoms with Gasteiger partial charge in [-0.1, -0.05) is 48.5 Å². The molecule has 1 atom stereocenters. The van der Waals surface area contributed by atoms with Crippen molar-refractivity contribution in [2.24, 2.45) is 0 Å². The lowest BCUT2D eigenvalue weighted by Crippen LogP contribution is -2.49. The molecule has 0 radical (unpaired) electrons. The minimum Gasteiger partial charge on any atom is -0.465 e. The van der Waals surface area contributed by atoms with Gasteiger partial charge in [0.05, 0.1) is 12.8 Å². The lowest BCUT2D eigenvalue weighted by Gasteiger charge is -2.34. The van der Waals surface area contributed by atoms with E-state index in [2.05, 4.69) is 9.99 Å². The third-order valence-corrected chi connectivity index (χ3v) is 7.25. The molecule has 1 saturated heterocycles. The molecule has 1 fully saturated rings. The van der Waals surface area contributed by atoms with Crippen molar-refractivity contribution >= 4 is 19.6 Å². The van der Waals surface area contributed by atoms with Crippen molar-refractivity contribution in [1.82, 2.24) is 14.9 Å². The molecular weight excluding hydrogens is 457 g/mol. The molecule has 1 heterocycles. The van der Waals surface area contributed by atoms with Gasteiger partial charge in [-0.2, -0.15) is 0 Å². The molecule has 2 aromatic rings. The first-order valence-electron chi connectivity index (χ1n) is 11.4. The van der Waals surface area contributed by atoms with Gasteiger partial charge in [-0.3, -0.25) is 14.3 Å². The highest BCUT2D eigenvalue weighted by Crippen LogP contribution is 2.42. The largest absolute Gasteiger partial charge is 0.465 e. The second-order valence-electron chi connectivity index (χ2n) is 7.81. The van der Waals surface area contributed by atoms with Crippen molar-refractivity contribution in [1.29, 1.82) is 0 Å². The first-order chi connectivity index (χ1) is 16.5. The van der Waals surface area contributed by atoms with E-state index in [4.69, 9.17) is 14.0 Å². The second kappa shape index (κ2) is 13.1. The molecule has 0 aliphatic carbocycles. The van der Waals surface area contributed by atoms with Crippen molar-refractivity contribution in [3.63, 3.8) is 0 Å². The van der Waals surface area contributed by atoms with Crippen LogP contribution in [0, 0.1) is 0 Å². The summed E-state index contributed by atoms with van der Waals surface area (Å²) < 4.78 is 29.6. The molecule has 34 heavy (non-hydrogen) atoms. The van der Waals surface area contributed by atoms with Crippen LogP contribution in [0.5, 0.6) is 5.75 Å². The fraction of sp³-hybridized carbons (Fsp3) is 0.417. The third-order valence-electron chi connectivity index (χ3n) is 5.31. The molecule has 1 aliphatic rings. The summed E-state index contributed by atoms with van der Waals surface area (Å²) in [4.78, 5) is 27.9. The van der Waals surface area contributed by atoms with Gasteiger partial charge in [0.1, 0.15) is 18.9 Å². The van der Waals surface area contributed by atoms with Gasteiger partial charge >= 0.3 is 19.6 Å². The number of amides is 1. The van der Waals surface area contributed by atoms with Crippen LogP contribution in [-0.4, -0.2) is 73.9 Å². The number of nitrogens with zero attached hydrogens (tertiary/aromatic N) is 2. The number of ether oxygens (including phenoxy) is 2. The Morgan fingerprint density at radius 3 is 2.24 bits per heavy atom. The maximum Gasteiger partial charge on any atom is 0.410 e. The first-order valence-corrected chi connectivity index (χ1v) is 13.2. The number of esters is 1. The SMILES string of the molecule is CCOC(=O)CNP(=O)(CCN1CCN(C(=O)OCc2ccccc2)CC1)Oc1ccccc1. The molecule has 10 heteroatoms. The van der Waals surface area contributed by atoms with Gasteiger partial charge in [-0.05, 0) is 24.6 Å². The molecular formula is C24H32N3O6P. The van der Waals surface area contributed by atoms with Crippen molar-refractivity contribution < 1.29 is 28.2 Å². The number of hydrogen-bond donors (Lipinski definition) is 1. The van der Waals surface area contributed by atoms with Gasteiger partial charge in [0.25, 0.3) is 0 Å². The topological polar surface area (TPSA) is 97.4 Å². The first kappa shape index (κ1) is 25.7. The van der Waals surface area contributed by atoms with Gasteiger partial charge < -0.3 is 18.9 Å². The van der Waals surface area contributed by atoms with Gasteiger partial charge in [0.15, 0.2) is 0 Å². The Hall–Kier alpha value is -2.87. The highest BCUT2D eigenvalue weighted by Gasteiger charge is 2.29. The summed E-state index contributed by atoms with van der Waals surface area (Å²) in [7, 11) is -3.36. The molecule has 0 saturated carbocycles. The summed E-state index contributed by atoms with van der Waals surface area (Å²) in [5.74, 6) is -0.0183. The van der Waals surface area contributed by atoms with Crippen LogP contribution in [0.3, 0.4) is 0 Å². The Morgan fingerprint density at radius 1 is 0.941 bits per heavy atom. The highest BCUT2D eigenvalue weighted by molar-refractivity contribution is 7.57. The number of para-hydroxylation sites is 1. The lowest BCUT2D eigenvalue weighted by molar-refractivity contribution is -0.141. The van der Waals surface area contributed by atoms with E-state index in [1.165, 1.54) is 0 Å². The van der Waals surface area contributed by atoms with E-state index in [1.807, 2.05) is 36.4 Å². The van der Waals surface area contributed by atoms with Crippen LogP contribution in [0.1, 0.15) is 12.5 Å². The van der Waals surface area contributed by atoms with Gasteiger partial charge in [0, 0.05) is 32.7 Å². The summed E-state index contributed by atoms with van der Waals surface area (Å²) in [6, 6.07) is 18.4. The van der Waals surface area contributed by atoms with E-state index in [9.17, 15) is 14.2 Å². The summed E-state index contributed by atoms with van der Waals surface area (Å²) in [5.41, 5.74) is 0.943. The molecule has 2 aromatic carbocycles. The Kier molecular flexibility index (Phi) is 9.94. The maximum atomic E-state index is 13.5. The number of carbonyl (C=O) groups excluding carboxylic acids is 2. The lowest BCUT2D eigenvalue weighted by atomic mass is 10.2. The number of benzene rings is 2. The molecule has 1 aliphatic heterocycles. The Balaban J connectivity index is 1.47. The predicted octanol–water partition coefficient (Wildman–Crippen LogP) is 3.37. The average molecular weight is 490 g/mol. The number of carbonyl (C=O) groups is 2. The Labute approximate surface area is 200 Å². The van der Waals surface area contributed by atoms with Crippen molar-refractivity contribution in [3.05, 3.63) is 66.2 Å². The maximum absolute atomic E-state index is 13.5. The molecule has 0 spiro atoms. The zero-order chi connectivity index (χ0) is 24.2. The highest BCUT2D eigenvalue weighted by atomic mass is 31.2. The summed E-state index contributed by atoms with van der Waals surface area (Å²) in [6.07, 6.45) is -0.127. The third kappa shape index (κ3) is 8.48. The minimum atomic E-state index is -3.36. The molecule has 184 valence electrons. The molecule has 1 N–H and O–H groups in total. The summed E-state index contributed by atoms with van der Waals surface area (Å²) in [5, 5.41) is 2.78. The summed E-state index contributed by atoms with van der Waals surface area (Å²) >= 11 is 0. The number of hydrogen-bond acceptors (Lipinski definition) is 7. The average Bonchev–Trinajstić information content (AvgIpc) is 2.87. The number of piperazine rings is 1. The molecule has 0 aromatic heterocycles. The van der Waals surface area contributed by atoms with Crippen molar-refractivity contribution in [3.8, 4) is 5.75 Å². The van der Waals surface area contributed by atoms with Gasteiger partial charge in [0.2, 0.25) is 0 Å². The fourth-order valence-corrected chi connectivity index (χ4v) is 5.14. The van der Waals surface area contributed by atoms with Crippen molar-refractivity contribution in [2.45, 2.75) is 13.5 Å². The van der Waals surface area contributed by atoms with Gasteiger partial charge in [-0.25, -0.2) is 9.88 Å². The van der Waals surface area contributed by atoms with Crippen LogP contribution >= 0.6 is 7.52 Å². The smallest absolute Gasteiger partial charge is 0.410 e.